The molecule has 0 radical (unpaired) electrons. The minimum Gasteiger partial charge on any atom is -0.398 e. The number of nitrogens with two attached hydrogens (primary N) is 1. The highest BCUT2D eigenvalue weighted by molar-refractivity contribution is 6.33. The van der Waals surface area contributed by atoms with E-state index in [1.165, 1.54) is 50.0 Å². The van der Waals surface area contributed by atoms with E-state index in [0.29, 0.717) is 10.7 Å². The monoisotopic (exact) mass is 293 g/mol. The van der Waals surface area contributed by atoms with Crippen molar-refractivity contribution < 1.29 is 0 Å². The molecule has 0 aromatic heterocycles. The zero-order valence-electron chi connectivity index (χ0n) is 12.2. The van der Waals surface area contributed by atoms with Gasteiger partial charge in [0.1, 0.15) is 0 Å². The van der Waals surface area contributed by atoms with Crippen LogP contribution in [0.3, 0.4) is 0 Å². The van der Waals surface area contributed by atoms with E-state index >= 15 is 0 Å². The number of piperazine rings is 1. The summed E-state index contributed by atoms with van der Waals surface area (Å²) in [6.45, 7) is 6.65. The maximum Gasteiger partial charge on any atom is 0.0656 e. The SMILES string of the molecule is Cc1cc(N)c(Cl)cc1N1CCN(C2CCCC2)CC1. The maximum absolute atomic E-state index is 6.18. The first-order valence-electron chi connectivity index (χ1n) is 7.70. The van der Waals surface area contributed by atoms with E-state index in [2.05, 4.69) is 16.7 Å². The average Bonchev–Trinajstić information content (AvgIpc) is 2.97. The van der Waals surface area contributed by atoms with Crippen molar-refractivity contribution in [3.05, 3.63) is 22.7 Å². The van der Waals surface area contributed by atoms with Crippen LogP contribution in [0, 0.1) is 6.92 Å². The van der Waals surface area contributed by atoms with Crippen molar-refractivity contribution in [2.24, 2.45) is 0 Å². The molecule has 1 heterocycles. The van der Waals surface area contributed by atoms with Crippen molar-refractivity contribution in [1.82, 2.24) is 4.90 Å². The number of anilines is 2. The van der Waals surface area contributed by atoms with Gasteiger partial charge in [0.2, 0.25) is 0 Å². The molecule has 1 saturated heterocycles. The summed E-state index contributed by atoms with van der Waals surface area (Å²) < 4.78 is 0. The first-order chi connectivity index (χ1) is 9.65. The van der Waals surface area contributed by atoms with Crippen molar-refractivity contribution in [3.63, 3.8) is 0 Å². The Morgan fingerprint density at radius 3 is 2.40 bits per heavy atom. The molecule has 1 aromatic rings. The first kappa shape index (κ1) is 14.0. The summed E-state index contributed by atoms with van der Waals surface area (Å²) in [5.41, 5.74) is 9.01. The number of hydrogen-bond acceptors (Lipinski definition) is 3. The second-order valence-corrected chi connectivity index (χ2v) is 6.53. The summed E-state index contributed by atoms with van der Waals surface area (Å²) in [7, 11) is 0. The van der Waals surface area contributed by atoms with Crippen LogP contribution in [0.15, 0.2) is 12.1 Å². The number of halogens is 1. The molecule has 2 aliphatic rings. The second kappa shape index (κ2) is 5.82. The predicted molar refractivity (Wildman–Crippen MR) is 86.6 cm³/mol. The zero-order chi connectivity index (χ0) is 14.1. The van der Waals surface area contributed by atoms with Crippen molar-refractivity contribution >= 4 is 23.0 Å². The molecule has 0 atom stereocenters. The minimum atomic E-state index is 0.670. The van der Waals surface area contributed by atoms with Crippen LogP contribution in [0.1, 0.15) is 31.2 Å². The zero-order valence-corrected chi connectivity index (χ0v) is 13.0. The Morgan fingerprint density at radius 2 is 1.75 bits per heavy atom. The highest BCUT2D eigenvalue weighted by Gasteiger charge is 2.26. The Balaban J connectivity index is 1.67. The number of nitrogen functional groups attached to an aromatic ring is 1. The van der Waals surface area contributed by atoms with Crippen LogP contribution < -0.4 is 10.6 Å². The van der Waals surface area contributed by atoms with Gasteiger partial charge in [0, 0.05) is 37.9 Å². The molecule has 0 unspecified atom stereocenters. The van der Waals surface area contributed by atoms with Crippen LogP contribution in [-0.4, -0.2) is 37.1 Å². The maximum atomic E-state index is 6.18. The third-order valence-electron chi connectivity index (χ3n) is 4.81. The molecule has 0 spiro atoms. The molecular formula is C16H24ClN3. The smallest absolute Gasteiger partial charge is 0.0656 e. The van der Waals surface area contributed by atoms with Gasteiger partial charge < -0.3 is 10.6 Å². The van der Waals surface area contributed by atoms with Crippen LogP contribution in [-0.2, 0) is 0 Å². The molecule has 110 valence electrons. The predicted octanol–water partition coefficient (Wildman–Crippen LogP) is 3.30. The lowest BCUT2D eigenvalue weighted by molar-refractivity contribution is 0.187. The third-order valence-corrected chi connectivity index (χ3v) is 5.14. The summed E-state index contributed by atoms with van der Waals surface area (Å²) in [5.74, 6) is 0. The molecule has 0 amide bonds. The molecule has 20 heavy (non-hydrogen) atoms. The van der Waals surface area contributed by atoms with Crippen LogP contribution in [0.5, 0.6) is 0 Å². The number of nitrogens with zero attached hydrogens (tertiary/aromatic N) is 2. The van der Waals surface area contributed by atoms with Crippen LogP contribution in [0.25, 0.3) is 0 Å². The standard InChI is InChI=1S/C16H24ClN3/c1-12-10-15(18)14(17)11-16(12)20-8-6-19(7-9-20)13-4-2-3-5-13/h10-11,13H,2-9,18H2,1H3. The third kappa shape index (κ3) is 2.75. The van der Waals surface area contributed by atoms with E-state index in [1.807, 2.05) is 12.1 Å². The molecule has 0 bridgehead atoms. The van der Waals surface area contributed by atoms with E-state index < -0.39 is 0 Å². The normalized spacial score (nSPS) is 21.6. The Labute approximate surface area is 126 Å². The quantitative estimate of drug-likeness (QED) is 0.849. The lowest BCUT2D eigenvalue weighted by Gasteiger charge is -2.39. The number of hydrogen-bond donors (Lipinski definition) is 1. The van der Waals surface area contributed by atoms with Gasteiger partial charge in [0.15, 0.2) is 0 Å². The Kier molecular flexibility index (Phi) is 4.08. The van der Waals surface area contributed by atoms with Crippen molar-refractivity contribution in [1.29, 1.82) is 0 Å². The minimum absolute atomic E-state index is 0.670. The van der Waals surface area contributed by atoms with Gasteiger partial charge in [-0.1, -0.05) is 24.4 Å². The topological polar surface area (TPSA) is 32.5 Å². The molecule has 2 fully saturated rings. The summed E-state index contributed by atoms with van der Waals surface area (Å²) in [5, 5.41) is 0.670. The highest BCUT2D eigenvalue weighted by atomic mass is 35.5. The molecule has 1 aliphatic carbocycles. The lowest BCUT2D eigenvalue weighted by Crippen LogP contribution is -2.49. The summed E-state index contributed by atoms with van der Waals surface area (Å²) >= 11 is 6.18. The Bertz CT molecular complexity index is 475. The van der Waals surface area contributed by atoms with Gasteiger partial charge in [-0.05, 0) is 37.5 Å². The summed E-state index contributed by atoms with van der Waals surface area (Å²) in [6.07, 6.45) is 5.62. The molecule has 4 heteroatoms. The van der Waals surface area contributed by atoms with Crippen molar-refractivity contribution in [2.45, 2.75) is 38.6 Å². The fourth-order valence-electron chi connectivity index (χ4n) is 3.63. The first-order valence-corrected chi connectivity index (χ1v) is 8.07. The molecule has 1 saturated carbocycles. The number of aryl methyl sites for hydroxylation is 1. The van der Waals surface area contributed by atoms with Gasteiger partial charge in [0.25, 0.3) is 0 Å². The van der Waals surface area contributed by atoms with E-state index in [1.54, 1.807) is 0 Å². The molecule has 1 aliphatic heterocycles. The van der Waals surface area contributed by atoms with Crippen LogP contribution >= 0.6 is 11.6 Å². The van der Waals surface area contributed by atoms with Crippen molar-refractivity contribution in [3.8, 4) is 0 Å². The molecule has 1 aromatic carbocycles. The largest absolute Gasteiger partial charge is 0.398 e. The van der Waals surface area contributed by atoms with Gasteiger partial charge in [-0.2, -0.15) is 0 Å². The summed E-state index contributed by atoms with van der Waals surface area (Å²) in [6, 6.07) is 4.85. The lowest BCUT2D eigenvalue weighted by atomic mass is 10.1. The molecule has 3 rings (SSSR count). The highest BCUT2D eigenvalue weighted by Crippen LogP contribution is 2.31. The van der Waals surface area contributed by atoms with Crippen LogP contribution in [0.2, 0.25) is 5.02 Å². The summed E-state index contributed by atoms with van der Waals surface area (Å²) in [4.78, 5) is 5.13. The number of benzene rings is 1. The Hall–Kier alpha value is -0.930. The fourth-order valence-corrected chi connectivity index (χ4v) is 3.79. The van der Waals surface area contributed by atoms with E-state index in [9.17, 15) is 0 Å². The van der Waals surface area contributed by atoms with E-state index in [-0.39, 0.29) is 0 Å². The van der Waals surface area contributed by atoms with Gasteiger partial charge >= 0.3 is 0 Å². The average molecular weight is 294 g/mol. The van der Waals surface area contributed by atoms with Crippen LogP contribution in [0.4, 0.5) is 11.4 Å². The van der Waals surface area contributed by atoms with Gasteiger partial charge in [0.05, 0.1) is 10.7 Å². The van der Waals surface area contributed by atoms with Gasteiger partial charge in [-0.15, -0.1) is 0 Å². The van der Waals surface area contributed by atoms with Crippen molar-refractivity contribution in [2.75, 3.05) is 36.8 Å². The Morgan fingerprint density at radius 1 is 1.10 bits per heavy atom. The molecule has 2 N–H and O–H groups in total. The van der Waals surface area contributed by atoms with Gasteiger partial charge in [-0.25, -0.2) is 0 Å². The molecule has 3 nitrogen and oxygen atoms in total. The number of rotatable bonds is 2. The van der Waals surface area contributed by atoms with E-state index in [4.69, 9.17) is 17.3 Å². The van der Waals surface area contributed by atoms with Gasteiger partial charge in [-0.3, -0.25) is 4.90 Å². The van der Waals surface area contributed by atoms with E-state index in [0.717, 1.165) is 19.1 Å². The second-order valence-electron chi connectivity index (χ2n) is 6.12. The fraction of sp³-hybridized carbons (Fsp3) is 0.625. The molecular weight excluding hydrogens is 270 g/mol.